The van der Waals surface area contributed by atoms with Crippen LogP contribution in [0.2, 0.25) is 0 Å². The number of nitrogens with zero attached hydrogens (tertiary/aromatic N) is 2. The molecule has 0 saturated carbocycles. The van der Waals surface area contributed by atoms with Crippen LogP contribution < -0.4 is 5.32 Å². The molecule has 1 fully saturated rings. The van der Waals surface area contributed by atoms with Crippen LogP contribution in [-0.2, 0) is 7.05 Å². The standard InChI is InChI=1S/C16H17N3O/c1-19-14-5-4-11(12-6-7-17-10-12)9-13(14)18-16(19)15-3-2-8-20-15/h2-5,8-9,12,17H,6-7,10H2,1H3. The Labute approximate surface area is 117 Å². The quantitative estimate of drug-likeness (QED) is 0.776. The van der Waals surface area contributed by atoms with Gasteiger partial charge in [-0.15, -0.1) is 0 Å². The number of benzene rings is 1. The smallest absolute Gasteiger partial charge is 0.176 e. The monoisotopic (exact) mass is 267 g/mol. The van der Waals surface area contributed by atoms with Crippen molar-refractivity contribution in [3.8, 4) is 11.6 Å². The van der Waals surface area contributed by atoms with E-state index < -0.39 is 0 Å². The Balaban J connectivity index is 1.83. The molecule has 1 atom stereocenters. The summed E-state index contributed by atoms with van der Waals surface area (Å²) in [6.07, 6.45) is 2.90. The molecule has 1 unspecified atom stereocenters. The van der Waals surface area contributed by atoms with Gasteiger partial charge in [0.25, 0.3) is 0 Å². The number of furan rings is 1. The summed E-state index contributed by atoms with van der Waals surface area (Å²) in [5, 5.41) is 3.42. The van der Waals surface area contributed by atoms with Crippen LogP contribution in [0, 0.1) is 0 Å². The van der Waals surface area contributed by atoms with Gasteiger partial charge in [-0.05, 0) is 48.7 Å². The van der Waals surface area contributed by atoms with Crippen molar-refractivity contribution in [3.63, 3.8) is 0 Å². The highest BCUT2D eigenvalue weighted by atomic mass is 16.3. The third-order valence-corrected chi connectivity index (χ3v) is 4.18. The first-order chi connectivity index (χ1) is 9.83. The lowest BCUT2D eigenvalue weighted by molar-refractivity contribution is 0.574. The first-order valence-corrected chi connectivity index (χ1v) is 7.04. The zero-order valence-corrected chi connectivity index (χ0v) is 11.5. The molecular weight excluding hydrogens is 250 g/mol. The average Bonchev–Trinajstić information content (AvgIpc) is 3.19. The molecule has 0 bridgehead atoms. The van der Waals surface area contributed by atoms with Gasteiger partial charge in [-0.2, -0.15) is 0 Å². The molecule has 3 heterocycles. The number of nitrogens with one attached hydrogen (secondary N) is 1. The van der Waals surface area contributed by atoms with Gasteiger partial charge in [0, 0.05) is 13.6 Å². The largest absolute Gasteiger partial charge is 0.461 e. The molecule has 0 amide bonds. The molecule has 0 radical (unpaired) electrons. The van der Waals surface area contributed by atoms with E-state index >= 15 is 0 Å². The summed E-state index contributed by atoms with van der Waals surface area (Å²) in [5.41, 5.74) is 3.57. The molecule has 102 valence electrons. The van der Waals surface area contributed by atoms with E-state index in [1.54, 1.807) is 6.26 Å². The summed E-state index contributed by atoms with van der Waals surface area (Å²) in [7, 11) is 2.03. The molecule has 4 nitrogen and oxygen atoms in total. The second-order valence-corrected chi connectivity index (χ2v) is 5.41. The maximum Gasteiger partial charge on any atom is 0.176 e. The fraction of sp³-hybridized carbons (Fsp3) is 0.312. The summed E-state index contributed by atoms with van der Waals surface area (Å²) >= 11 is 0. The molecule has 1 N–H and O–H groups in total. The minimum Gasteiger partial charge on any atom is -0.461 e. The lowest BCUT2D eigenvalue weighted by Crippen LogP contribution is -2.07. The minimum absolute atomic E-state index is 0.619. The molecule has 4 rings (SSSR count). The highest BCUT2D eigenvalue weighted by Crippen LogP contribution is 2.28. The van der Waals surface area contributed by atoms with Crippen molar-refractivity contribution < 1.29 is 4.42 Å². The fourth-order valence-corrected chi connectivity index (χ4v) is 3.04. The maximum atomic E-state index is 5.47. The van der Waals surface area contributed by atoms with Crippen molar-refractivity contribution in [1.82, 2.24) is 14.9 Å². The molecule has 1 saturated heterocycles. The van der Waals surface area contributed by atoms with E-state index in [2.05, 4.69) is 28.1 Å². The predicted molar refractivity (Wildman–Crippen MR) is 78.6 cm³/mol. The summed E-state index contributed by atoms with van der Waals surface area (Å²) in [6.45, 7) is 2.19. The number of imidazole rings is 1. The van der Waals surface area contributed by atoms with Crippen molar-refractivity contribution in [2.75, 3.05) is 13.1 Å². The van der Waals surface area contributed by atoms with Gasteiger partial charge in [0.1, 0.15) is 0 Å². The molecule has 2 aromatic heterocycles. The summed E-state index contributed by atoms with van der Waals surface area (Å²) in [6, 6.07) is 10.5. The molecule has 1 aliphatic rings. The SMILES string of the molecule is Cn1c(-c2ccco2)nc2cc(C3CCNC3)ccc21. The van der Waals surface area contributed by atoms with Crippen LogP contribution >= 0.6 is 0 Å². The maximum absolute atomic E-state index is 5.47. The number of fused-ring (bicyclic) bond motifs is 1. The Kier molecular flexibility index (Phi) is 2.63. The normalized spacial score (nSPS) is 18.9. The van der Waals surface area contributed by atoms with Gasteiger partial charge in [0.2, 0.25) is 0 Å². The van der Waals surface area contributed by atoms with Crippen LogP contribution in [0.15, 0.2) is 41.0 Å². The summed E-state index contributed by atoms with van der Waals surface area (Å²) in [4.78, 5) is 4.74. The van der Waals surface area contributed by atoms with E-state index in [9.17, 15) is 0 Å². The second-order valence-electron chi connectivity index (χ2n) is 5.41. The number of hydrogen-bond donors (Lipinski definition) is 1. The number of aryl methyl sites for hydroxylation is 1. The zero-order chi connectivity index (χ0) is 13.5. The van der Waals surface area contributed by atoms with Crippen molar-refractivity contribution in [2.24, 2.45) is 7.05 Å². The predicted octanol–water partition coefficient (Wildman–Crippen LogP) is 2.91. The molecular formula is C16H17N3O. The summed E-state index contributed by atoms with van der Waals surface area (Å²) in [5.74, 6) is 2.31. The first kappa shape index (κ1) is 11.7. The Morgan fingerprint density at radius 2 is 2.30 bits per heavy atom. The van der Waals surface area contributed by atoms with Crippen LogP contribution in [0.5, 0.6) is 0 Å². The number of hydrogen-bond acceptors (Lipinski definition) is 3. The lowest BCUT2D eigenvalue weighted by atomic mass is 9.98. The van der Waals surface area contributed by atoms with Crippen LogP contribution in [0.1, 0.15) is 17.9 Å². The van der Waals surface area contributed by atoms with Gasteiger partial charge in [0.05, 0.1) is 17.3 Å². The Morgan fingerprint density at radius 3 is 3.05 bits per heavy atom. The van der Waals surface area contributed by atoms with Gasteiger partial charge < -0.3 is 14.3 Å². The third-order valence-electron chi connectivity index (χ3n) is 4.18. The van der Waals surface area contributed by atoms with E-state index in [0.29, 0.717) is 5.92 Å². The van der Waals surface area contributed by atoms with Gasteiger partial charge in [0.15, 0.2) is 11.6 Å². The van der Waals surface area contributed by atoms with E-state index in [1.165, 1.54) is 12.0 Å². The highest BCUT2D eigenvalue weighted by Gasteiger charge is 2.18. The Hall–Kier alpha value is -2.07. The minimum atomic E-state index is 0.619. The zero-order valence-electron chi connectivity index (χ0n) is 11.5. The van der Waals surface area contributed by atoms with Crippen LogP contribution in [-0.4, -0.2) is 22.6 Å². The molecule has 0 aliphatic carbocycles. The number of aromatic nitrogens is 2. The third kappa shape index (κ3) is 1.76. The molecule has 20 heavy (non-hydrogen) atoms. The van der Waals surface area contributed by atoms with Gasteiger partial charge in [-0.3, -0.25) is 0 Å². The van der Waals surface area contributed by atoms with Crippen molar-refractivity contribution in [2.45, 2.75) is 12.3 Å². The fourth-order valence-electron chi connectivity index (χ4n) is 3.04. The van der Waals surface area contributed by atoms with Crippen molar-refractivity contribution in [1.29, 1.82) is 0 Å². The molecule has 1 aliphatic heterocycles. The second kappa shape index (κ2) is 4.49. The Morgan fingerprint density at radius 1 is 1.35 bits per heavy atom. The summed E-state index contributed by atoms with van der Waals surface area (Å²) < 4.78 is 7.55. The van der Waals surface area contributed by atoms with Crippen LogP contribution in [0.25, 0.3) is 22.6 Å². The van der Waals surface area contributed by atoms with Gasteiger partial charge >= 0.3 is 0 Å². The molecule has 4 heteroatoms. The van der Waals surface area contributed by atoms with E-state index in [-0.39, 0.29) is 0 Å². The lowest BCUT2D eigenvalue weighted by Gasteiger charge is -2.08. The number of rotatable bonds is 2. The van der Waals surface area contributed by atoms with E-state index in [4.69, 9.17) is 9.40 Å². The first-order valence-electron chi connectivity index (χ1n) is 7.04. The van der Waals surface area contributed by atoms with Gasteiger partial charge in [-0.25, -0.2) is 4.98 Å². The average molecular weight is 267 g/mol. The van der Waals surface area contributed by atoms with Crippen LogP contribution in [0.4, 0.5) is 0 Å². The Bertz CT molecular complexity index is 737. The molecule has 1 aromatic carbocycles. The van der Waals surface area contributed by atoms with Crippen molar-refractivity contribution in [3.05, 3.63) is 42.2 Å². The van der Waals surface area contributed by atoms with Gasteiger partial charge in [-0.1, -0.05) is 6.07 Å². The van der Waals surface area contributed by atoms with E-state index in [0.717, 1.165) is 35.7 Å². The molecule has 3 aromatic rings. The molecule has 0 spiro atoms. The topological polar surface area (TPSA) is 43.0 Å². The van der Waals surface area contributed by atoms with E-state index in [1.807, 2.05) is 19.2 Å². The van der Waals surface area contributed by atoms with Crippen molar-refractivity contribution >= 4 is 11.0 Å². The highest BCUT2D eigenvalue weighted by molar-refractivity contribution is 5.80. The van der Waals surface area contributed by atoms with Crippen LogP contribution in [0.3, 0.4) is 0 Å².